The lowest BCUT2D eigenvalue weighted by molar-refractivity contribution is -0.108. The van der Waals surface area contributed by atoms with E-state index >= 15 is 0 Å². The van der Waals surface area contributed by atoms with Gasteiger partial charge in [0.15, 0.2) is 5.79 Å². The van der Waals surface area contributed by atoms with E-state index in [4.69, 9.17) is 21.1 Å². The normalized spacial score (nSPS) is 12.9. The van der Waals surface area contributed by atoms with Crippen LogP contribution < -0.4 is 5.73 Å². The van der Waals surface area contributed by atoms with Gasteiger partial charge in [-0.25, -0.2) is 0 Å². The molecule has 0 saturated heterocycles. The smallest absolute Gasteiger partial charge is 0.195 e. The van der Waals surface area contributed by atoms with Crippen molar-refractivity contribution >= 4 is 0 Å². The Morgan fingerprint density at radius 2 is 2.00 bits per heavy atom. The summed E-state index contributed by atoms with van der Waals surface area (Å²) in [7, 11) is 0. The zero-order valence-electron chi connectivity index (χ0n) is 4.99. The molecule has 5 N–H and O–H groups in total. The molecule has 0 spiro atoms. The molecule has 0 radical (unpaired) electrons. The highest BCUT2D eigenvalue weighted by atomic mass is 16.5. The van der Waals surface area contributed by atoms with Crippen molar-refractivity contribution in [3.8, 4) is 0 Å². The van der Waals surface area contributed by atoms with Gasteiger partial charge in [0.2, 0.25) is 0 Å². The number of hydrogen-bond donors (Lipinski definition) is 4. The summed E-state index contributed by atoms with van der Waals surface area (Å²) in [6.45, 7) is -0.494. The van der Waals surface area contributed by atoms with E-state index < -0.39 is 5.79 Å². The largest absolute Gasteiger partial charge is 0.392 e. The summed E-state index contributed by atoms with van der Waals surface area (Å²) in [5, 5.41) is 25.5. The maximum Gasteiger partial charge on any atom is 0.195 e. The van der Waals surface area contributed by atoms with Crippen molar-refractivity contribution in [1.82, 2.24) is 0 Å². The van der Waals surface area contributed by atoms with Crippen LogP contribution in [0.25, 0.3) is 0 Å². The minimum absolute atomic E-state index is 0.219. The van der Waals surface area contributed by atoms with Gasteiger partial charge in [-0.2, -0.15) is 0 Å². The van der Waals surface area contributed by atoms with Crippen LogP contribution in [-0.4, -0.2) is 34.3 Å². The van der Waals surface area contributed by atoms with Crippen LogP contribution in [0.2, 0.25) is 0 Å². The Bertz CT molecular complexity index is 100. The van der Waals surface area contributed by atoms with Crippen LogP contribution in [0.4, 0.5) is 0 Å². The lowest BCUT2D eigenvalue weighted by atomic mass is 10.2. The van der Waals surface area contributed by atoms with Crippen LogP contribution in [0.15, 0.2) is 12.2 Å². The maximum absolute atomic E-state index is 8.69. The Balaban J connectivity index is 3.70. The maximum atomic E-state index is 8.69. The quantitative estimate of drug-likeness (QED) is 0.269. The number of aliphatic hydroxyl groups is 3. The third-order valence-electron chi connectivity index (χ3n) is 0.791. The van der Waals surface area contributed by atoms with Crippen LogP contribution in [0.5, 0.6) is 0 Å². The van der Waals surface area contributed by atoms with Crippen LogP contribution >= 0.6 is 0 Å². The van der Waals surface area contributed by atoms with Gasteiger partial charge in [0.05, 0.1) is 13.2 Å². The second-order valence-electron chi connectivity index (χ2n) is 1.67. The average Bonchev–Trinajstić information content (AvgIpc) is 1.84. The Hall–Kier alpha value is -0.420. The summed E-state index contributed by atoms with van der Waals surface area (Å²) in [6.07, 6.45) is 2.25. The molecule has 0 fully saturated rings. The van der Waals surface area contributed by atoms with Crippen LogP contribution in [0, 0.1) is 0 Å². The van der Waals surface area contributed by atoms with Crippen LogP contribution in [0.3, 0.4) is 0 Å². The first-order valence-corrected chi connectivity index (χ1v) is 2.56. The fraction of sp³-hybridized carbons (Fsp3) is 0.600. The molecule has 0 amide bonds. The van der Waals surface area contributed by atoms with Crippen LogP contribution in [0.1, 0.15) is 0 Å². The van der Waals surface area contributed by atoms with Gasteiger partial charge >= 0.3 is 0 Å². The number of nitrogens with two attached hydrogens (primary N) is 1. The number of rotatable bonds is 3. The van der Waals surface area contributed by atoms with Crippen molar-refractivity contribution in [2.75, 3.05) is 13.2 Å². The summed E-state index contributed by atoms with van der Waals surface area (Å²) in [6, 6.07) is 0. The third-order valence-corrected chi connectivity index (χ3v) is 0.791. The number of aliphatic hydroxyl groups excluding tert-OH is 1. The van der Waals surface area contributed by atoms with Gasteiger partial charge in [-0.05, 0) is 6.08 Å². The number of hydrogen-bond acceptors (Lipinski definition) is 4. The first-order chi connectivity index (χ1) is 4.12. The lowest BCUT2D eigenvalue weighted by Gasteiger charge is -2.12. The summed E-state index contributed by atoms with van der Waals surface area (Å²) >= 11 is 0. The first-order valence-electron chi connectivity index (χ1n) is 2.56. The molecule has 9 heavy (non-hydrogen) atoms. The molecule has 54 valence electrons. The molecular formula is C5H11NO3. The highest BCUT2D eigenvalue weighted by Gasteiger charge is 2.14. The Kier molecular flexibility index (Phi) is 3.41. The monoisotopic (exact) mass is 133 g/mol. The Morgan fingerprint density at radius 1 is 1.44 bits per heavy atom. The molecule has 0 aromatic carbocycles. The molecule has 4 heteroatoms. The fourth-order valence-electron chi connectivity index (χ4n) is 0.309. The van der Waals surface area contributed by atoms with Gasteiger partial charge in [0, 0.05) is 0 Å². The van der Waals surface area contributed by atoms with E-state index in [1.54, 1.807) is 0 Å². The van der Waals surface area contributed by atoms with Crippen molar-refractivity contribution in [1.29, 1.82) is 0 Å². The molecule has 0 aliphatic carbocycles. The highest BCUT2D eigenvalue weighted by Crippen LogP contribution is 1.96. The van der Waals surface area contributed by atoms with Crippen molar-refractivity contribution in [3.63, 3.8) is 0 Å². The molecule has 0 atom stereocenters. The average molecular weight is 133 g/mol. The first kappa shape index (κ1) is 8.58. The van der Waals surface area contributed by atoms with Gasteiger partial charge in [-0.1, -0.05) is 6.08 Å². The molecule has 0 aliphatic heterocycles. The predicted molar refractivity (Wildman–Crippen MR) is 32.4 cm³/mol. The molecule has 4 nitrogen and oxygen atoms in total. The molecular weight excluding hydrogens is 122 g/mol. The van der Waals surface area contributed by atoms with Gasteiger partial charge in [-0.3, -0.25) is 0 Å². The standard InChI is InChI=1S/C5H11NO3/c6-4-5(8,9)2-1-3-7/h1-2,7-9H,3-4,6H2/b2-1-. The van der Waals surface area contributed by atoms with Crippen molar-refractivity contribution in [2.24, 2.45) is 5.73 Å². The van der Waals surface area contributed by atoms with E-state index in [-0.39, 0.29) is 13.2 Å². The Morgan fingerprint density at radius 3 is 2.33 bits per heavy atom. The molecule has 0 aromatic heterocycles. The van der Waals surface area contributed by atoms with E-state index in [9.17, 15) is 0 Å². The fourth-order valence-corrected chi connectivity index (χ4v) is 0.309. The second-order valence-corrected chi connectivity index (χ2v) is 1.67. The summed E-state index contributed by atoms with van der Waals surface area (Å²) < 4.78 is 0. The van der Waals surface area contributed by atoms with E-state index in [1.807, 2.05) is 0 Å². The SMILES string of the molecule is NCC(O)(O)/C=C\CO. The molecule has 0 aromatic rings. The minimum Gasteiger partial charge on any atom is -0.392 e. The van der Waals surface area contributed by atoms with E-state index in [0.29, 0.717) is 0 Å². The molecule has 0 bridgehead atoms. The minimum atomic E-state index is -1.97. The second kappa shape index (κ2) is 3.58. The van der Waals surface area contributed by atoms with Crippen molar-refractivity contribution in [2.45, 2.75) is 5.79 Å². The zero-order valence-corrected chi connectivity index (χ0v) is 4.99. The lowest BCUT2D eigenvalue weighted by Crippen LogP contribution is -2.34. The Labute approximate surface area is 53.2 Å². The zero-order chi connectivity index (χ0) is 7.33. The predicted octanol–water partition coefficient (Wildman–Crippen LogP) is -1.83. The summed E-state index contributed by atoms with van der Waals surface area (Å²) in [5.41, 5.74) is 4.91. The summed E-state index contributed by atoms with van der Waals surface area (Å²) in [4.78, 5) is 0. The molecule has 0 saturated carbocycles. The van der Waals surface area contributed by atoms with Gasteiger partial charge in [0.1, 0.15) is 0 Å². The molecule has 0 unspecified atom stereocenters. The third kappa shape index (κ3) is 4.11. The molecule has 0 heterocycles. The van der Waals surface area contributed by atoms with Crippen molar-refractivity contribution < 1.29 is 15.3 Å². The van der Waals surface area contributed by atoms with E-state index in [1.165, 1.54) is 6.08 Å². The summed E-state index contributed by atoms with van der Waals surface area (Å²) in [5.74, 6) is -1.97. The van der Waals surface area contributed by atoms with Crippen LogP contribution in [-0.2, 0) is 0 Å². The highest BCUT2D eigenvalue weighted by molar-refractivity contribution is 4.93. The molecule has 0 aliphatic rings. The van der Waals surface area contributed by atoms with Crippen molar-refractivity contribution in [3.05, 3.63) is 12.2 Å². The van der Waals surface area contributed by atoms with Gasteiger partial charge < -0.3 is 21.1 Å². The van der Waals surface area contributed by atoms with E-state index in [0.717, 1.165) is 6.08 Å². The van der Waals surface area contributed by atoms with E-state index in [2.05, 4.69) is 0 Å². The molecule has 0 rings (SSSR count). The van der Waals surface area contributed by atoms with Gasteiger partial charge in [-0.15, -0.1) is 0 Å². The topological polar surface area (TPSA) is 86.7 Å². The van der Waals surface area contributed by atoms with Gasteiger partial charge in [0.25, 0.3) is 0 Å².